The zero-order chi connectivity index (χ0) is 14.2. The normalized spacial score (nSPS) is 15.9. The van der Waals surface area contributed by atoms with Crippen LogP contribution in [-0.4, -0.2) is 37.7 Å². The van der Waals surface area contributed by atoms with Gasteiger partial charge in [-0.1, -0.05) is 0 Å². The van der Waals surface area contributed by atoms with Gasteiger partial charge in [0, 0.05) is 24.9 Å². The number of fused-ring (bicyclic) bond motifs is 1. The lowest BCUT2D eigenvalue weighted by molar-refractivity contribution is 0.0592. The molecule has 0 aliphatic carbocycles. The monoisotopic (exact) mass is 285 g/mol. The molecule has 0 radical (unpaired) electrons. The summed E-state index contributed by atoms with van der Waals surface area (Å²) in [5.74, 6) is -0.449. The van der Waals surface area contributed by atoms with Gasteiger partial charge < -0.3 is 10.1 Å². The molecule has 1 aliphatic heterocycles. The third-order valence-corrected chi connectivity index (χ3v) is 4.58. The number of carbonyl (C=O) groups is 1. The molecule has 19 heavy (non-hydrogen) atoms. The fourth-order valence-corrected chi connectivity index (χ4v) is 2.31. The van der Waals surface area contributed by atoms with Crippen molar-refractivity contribution in [1.29, 1.82) is 0 Å². The lowest BCUT2D eigenvalue weighted by Crippen LogP contribution is -2.17. The van der Waals surface area contributed by atoms with E-state index in [1.165, 1.54) is 14.0 Å². The van der Waals surface area contributed by atoms with Crippen molar-refractivity contribution in [3.63, 3.8) is 0 Å². The van der Waals surface area contributed by atoms with E-state index in [0.29, 0.717) is 24.3 Å². The van der Waals surface area contributed by atoms with Gasteiger partial charge in [0.15, 0.2) is 15.5 Å². The third kappa shape index (κ3) is 2.59. The molecule has 8 heteroatoms. The highest BCUT2D eigenvalue weighted by atomic mass is 32.2. The Morgan fingerprint density at radius 2 is 2.05 bits per heavy atom. The third-order valence-electron chi connectivity index (χ3n) is 3.09. The largest absolute Gasteiger partial charge is 0.464 e. The summed E-state index contributed by atoms with van der Waals surface area (Å²) in [7, 11) is -2.06. The van der Waals surface area contributed by atoms with E-state index >= 15 is 0 Å². The minimum Gasteiger partial charge on any atom is -0.464 e. The van der Waals surface area contributed by atoms with Crippen molar-refractivity contribution >= 4 is 15.8 Å². The Morgan fingerprint density at radius 1 is 1.37 bits per heavy atom. The van der Waals surface area contributed by atoms with Gasteiger partial charge in [0.1, 0.15) is 11.1 Å². The van der Waals surface area contributed by atoms with Crippen LogP contribution in [0, 0.1) is 0 Å². The number of hydrogen-bond acceptors (Lipinski definition) is 7. The maximum atomic E-state index is 11.7. The van der Waals surface area contributed by atoms with Crippen LogP contribution in [0.2, 0.25) is 0 Å². The van der Waals surface area contributed by atoms with Gasteiger partial charge in [0.25, 0.3) is 0 Å². The van der Waals surface area contributed by atoms with Crippen LogP contribution in [0.5, 0.6) is 0 Å². The van der Waals surface area contributed by atoms with Crippen molar-refractivity contribution in [2.45, 2.75) is 25.3 Å². The molecule has 2 rings (SSSR count). The van der Waals surface area contributed by atoms with Crippen LogP contribution in [0.15, 0.2) is 0 Å². The standard InChI is InChI=1S/C11H15N3O4S/c1-6(19(3,16)17)10-13-8-5-12-4-7(8)9(14-10)11(15)18-2/h6,12H,4-5H2,1-3H3. The van der Waals surface area contributed by atoms with E-state index in [1.807, 2.05) is 0 Å². The maximum Gasteiger partial charge on any atom is 0.357 e. The molecule has 1 N–H and O–H groups in total. The molecule has 7 nitrogen and oxygen atoms in total. The number of nitrogens with one attached hydrogen (secondary N) is 1. The fraction of sp³-hybridized carbons (Fsp3) is 0.545. The minimum absolute atomic E-state index is 0.130. The van der Waals surface area contributed by atoms with E-state index < -0.39 is 21.1 Å². The van der Waals surface area contributed by atoms with Crippen molar-refractivity contribution in [3.8, 4) is 0 Å². The molecule has 0 saturated heterocycles. The minimum atomic E-state index is -3.32. The highest BCUT2D eigenvalue weighted by Crippen LogP contribution is 2.23. The second kappa shape index (κ2) is 4.86. The van der Waals surface area contributed by atoms with E-state index in [4.69, 9.17) is 0 Å². The van der Waals surface area contributed by atoms with Gasteiger partial charge in [-0.15, -0.1) is 0 Å². The predicted molar refractivity (Wildman–Crippen MR) is 67.2 cm³/mol. The lowest BCUT2D eigenvalue weighted by atomic mass is 10.2. The number of esters is 1. The number of methoxy groups -OCH3 is 1. The molecule has 1 atom stereocenters. The van der Waals surface area contributed by atoms with E-state index in [9.17, 15) is 13.2 Å². The van der Waals surface area contributed by atoms with Gasteiger partial charge in [-0.3, -0.25) is 0 Å². The molecule has 2 heterocycles. The summed E-state index contributed by atoms with van der Waals surface area (Å²) >= 11 is 0. The summed E-state index contributed by atoms with van der Waals surface area (Å²) in [6.07, 6.45) is 1.12. The van der Waals surface area contributed by atoms with Gasteiger partial charge in [0.05, 0.1) is 12.8 Å². The van der Waals surface area contributed by atoms with Gasteiger partial charge in [-0.2, -0.15) is 0 Å². The molecule has 1 aromatic heterocycles. The highest BCUT2D eigenvalue weighted by molar-refractivity contribution is 7.90. The van der Waals surface area contributed by atoms with Crippen LogP contribution >= 0.6 is 0 Å². The number of hydrogen-bond donors (Lipinski definition) is 1. The van der Waals surface area contributed by atoms with E-state index in [2.05, 4.69) is 20.0 Å². The summed E-state index contributed by atoms with van der Waals surface area (Å²) < 4.78 is 27.8. The van der Waals surface area contributed by atoms with Crippen LogP contribution in [-0.2, 0) is 27.7 Å². The van der Waals surface area contributed by atoms with Gasteiger partial charge in [-0.25, -0.2) is 23.2 Å². The van der Waals surface area contributed by atoms with Crippen LogP contribution in [0.3, 0.4) is 0 Å². The SMILES string of the molecule is COC(=O)c1nc(C(C)S(C)(=O)=O)nc2c1CNC2. The average Bonchev–Trinajstić information content (AvgIpc) is 2.82. The fourth-order valence-electron chi connectivity index (χ4n) is 1.83. The molecule has 1 unspecified atom stereocenters. The van der Waals surface area contributed by atoms with E-state index in [0.717, 1.165) is 6.26 Å². The molecule has 1 aliphatic rings. The first-order chi connectivity index (χ1) is 8.84. The molecule has 0 spiro atoms. The van der Waals surface area contributed by atoms with Crippen molar-refractivity contribution < 1.29 is 17.9 Å². The van der Waals surface area contributed by atoms with E-state index in [1.54, 1.807) is 0 Å². The predicted octanol–water partition coefficient (Wildman–Crippen LogP) is -0.0280. The second-order valence-electron chi connectivity index (χ2n) is 4.42. The summed E-state index contributed by atoms with van der Waals surface area (Å²) in [4.78, 5) is 20.0. The average molecular weight is 285 g/mol. The molecule has 1 aromatic rings. The Hall–Kier alpha value is -1.54. The molecule has 0 aromatic carbocycles. The number of rotatable bonds is 3. The summed E-state index contributed by atoms with van der Waals surface area (Å²) in [5.41, 5.74) is 1.47. The number of carbonyl (C=O) groups excluding carboxylic acids is 1. The highest BCUT2D eigenvalue weighted by Gasteiger charge is 2.28. The molecule has 104 valence electrons. The Kier molecular flexibility index (Phi) is 3.55. The maximum absolute atomic E-state index is 11.7. The van der Waals surface area contributed by atoms with Crippen LogP contribution < -0.4 is 5.32 Å². The molecular formula is C11H15N3O4S. The number of sulfone groups is 1. The Morgan fingerprint density at radius 3 is 2.63 bits per heavy atom. The lowest BCUT2D eigenvalue weighted by Gasteiger charge is -2.12. The van der Waals surface area contributed by atoms with Crippen LogP contribution in [0.25, 0.3) is 0 Å². The van der Waals surface area contributed by atoms with Crippen LogP contribution in [0.1, 0.15) is 39.7 Å². The second-order valence-corrected chi connectivity index (χ2v) is 6.79. The zero-order valence-corrected chi connectivity index (χ0v) is 11.7. The number of ether oxygens (including phenoxy) is 1. The zero-order valence-electron chi connectivity index (χ0n) is 10.9. The van der Waals surface area contributed by atoms with Gasteiger partial charge in [-0.05, 0) is 6.92 Å². The Balaban J connectivity index is 2.57. The van der Waals surface area contributed by atoms with Crippen molar-refractivity contribution in [2.75, 3.05) is 13.4 Å². The van der Waals surface area contributed by atoms with Crippen molar-refractivity contribution in [1.82, 2.24) is 15.3 Å². The summed E-state index contributed by atoms with van der Waals surface area (Å²) in [5, 5.41) is 2.19. The van der Waals surface area contributed by atoms with Crippen molar-refractivity contribution in [3.05, 3.63) is 22.8 Å². The van der Waals surface area contributed by atoms with Gasteiger partial charge >= 0.3 is 5.97 Å². The summed E-state index contributed by atoms with van der Waals surface area (Å²) in [6.45, 7) is 2.47. The molecule has 0 bridgehead atoms. The molecule has 0 saturated carbocycles. The number of aromatic nitrogens is 2. The van der Waals surface area contributed by atoms with Gasteiger partial charge in [0.2, 0.25) is 0 Å². The Labute approximate surface area is 111 Å². The summed E-state index contributed by atoms with van der Waals surface area (Å²) in [6, 6.07) is 0. The number of nitrogens with zero attached hydrogens (tertiary/aromatic N) is 2. The first-order valence-electron chi connectivity index (χ1n) is 5.72. The van der Waals surface area contributed by atoms with Crippen LogP contribution in [0.4, 0.5) is 0 Å². The van der Waals surface area contributed by atoms with E-state index in [-0.39, 0.29) is 11.5 Å². The Bertz CT molecular complexity index is 627. The molecular weight excluding hydrogens is 270 g/mol. The topological polar surface area (TPSA) is 98.2 Å². The van der Waals surface area contributed by atoms with Crippen molar-refractivity contribution in [2.24, 2.45) is 0 Å². The first kappa shape index (κ1) is 13.9. The first-order valence-corrected chi connectivity index (χ1v) is 7.67. The molecule has 0 amide bonds. The molecule has 0 fully saturated rings. The quantitative estimate of drug-likeness (QED) is 0.779. The smallest absolute Gasteiger partial charge is 0.357 e.